The van der Waals surface area contributed by atoms with E-state index in [9.17, 15) is 9.90 Å². The quantitative estimate of drug-likeness (QED) is 0.747. The van der Waals surface area contributed by atoms with Crippen LogP contribution in [-0.4, -0.2) is 17.6 Å². The largest absolute Gasteiger partial charge is 0.505 e. The van der Waals surface area contributed by atoms with Gasteiger partial charge in [0.2, 0.25) is 5.91 Å². The topological polar surface area (TPSA) is 74.5 Å². The third kappa shape index (κ3) is 3.01. The zero-order valence-electron chi connectivity index (χ0n) is 12.9. The van der Waals surface area contributed by atoms with Crippen molar-refractivity contribution in [2.75, 3.05) is 11.9 Å². The average Bonchev–Trinajstić information content (AvgIpc) is 3.10. The maximum Gasteiger partial charge on any atom is 0.220 e. The zero-order chi connectivity index (χ0) is 16.4. The predicted molar refractivity (Wildman–Crippen MR) is 88.9 cm³/mol. The summed E-state index contributed by atoms with van der Waals surface area (Å²) in [5, 5.41) is 17.4. The predicted octanol–water partition coefficient (Wildman–Crippen LogP) is 3.61. The van der Waals surface area contributed by atoms with Crippen LogP contribution in [0.25, 0.3) is 0 Å². The minimum absolute atomic E-state index is 0.113. The molecule has 0 aliphatic carbocycles. The molecule has 2 aromatic rings. The first-order valence-electron chi connectivity index (χ1n) is 7.72. The molecule has 0 spiro atoms. The van der Waals surface area contributed by atoms with Crippen LogP contribution in [0.1, 0.15) is 42.7 Å². The molecule has 2 heterocycles. The van der Waals surface area contributed by atoms with Gasteiger partial charge in [0.05, 0.1) is 12.0 Å². The molecule has 1 unspecified atom stereocenters. The number of halogens is 1. The van der Waals surface area contributed by atoms with Gasteiger partial charge in [-0.25, -0.2) is 0 Å². The number of furan rings is 1. The van der Waals surface area contributed by atoms with Crippen molar-refractivity contribution in [1.29, 1.82) is 0 Å². The summed E-state index contributed by atoms with van der Waals surface area (Å²) >= 11 is 6.40. The van der Waals surface area contributed by atoms with E-state index in [4.69, 9.17) is 16.0 Å². The molecule has 5 nitrogen and oxygen atoms in total. The number of aromatic hydroxyl groups is 1. The van der Waals surface area contributed by atoms with Gasteiger partial charge in [-0.2, -0.15) is 0 Å². The van der Waals surface area contributed by atoms with Crippen LogP contribution < -0.4 is 10.6 Å². The van der Waals surface area contributed by atoms with E-state index in [1.165, 1.54) is 6.26 Å². The molecular formula is C17H19ClN2O3. The molecule has 0 saturated carbocycles. The van der Waals surface area contributed by atoms with E-state index in [0.717, 1.165) is 24.9 Å². The van der Waals surface area contributed by atoms with E-state index in [1.807, 2.05) is 0 Å². The standard InChI is InChI=1S/C17H19ClN2O3/c1-2-14(21)20-15(13-6-4-8-23-13)11-9-12(18)10-5-3-7-19-16(10)17(11)22/h4,6,8-9,15,19,22H,2-3,5,7H2,1H3,(H,20,21). The van der Waals surface area contributed by atoms with Crippen LogP contribution in [0.2, 0.25) is 5.02 Å². The van der Waals surface area contributed by atoms with Crippen molar-refractivity contribution in [1.82, 2.24) is 5.32 Å². The number of fused-ring (bicyclic) bond motifs is 1. The Morgan fingerprint density at radius 3 is 3.09 bits per heavy atom. The van der Waals surface area contributed by atoms with E-state index in [2.05, 4.69) is 10.6 Å². The molecule has 1 aromatic heterocycles. The Kier molecular flexibility index (Phi) is 4.48. The second-order valence-electron chi connectivity index (χ2n) is 5.55. The highest BCUT2D eigenvalue weighted by Gasteiger charge is 2.27. The molecule has 122 valence electrons. The van der Waals surface area contributed by atoms with Crippen molar-refractivity contribution in [2.45, 2.75) is 32.2 Å². The Morgan fingerprint density at radius 2 is 2.39 bits per heavy atom. The molecule has 1 aliphatic heterocycles. The van der Waals surface area contributed by atoms with E-state index in [-0.39, 0.29) is 11.7 Å². The van der Waals surface area contributed by atoms with Crippen LogP contribution in [-0.2, 0) is 11.2 Å². The van der Waals surface area contributed by atoms with E-state index in [0.29, 0.717) is 28.5 Å². The highest BCUT2D eigenvalue weighted by molar-refractivity contribution is 6.32. The molecule has 0 radical (unpaired) electrons. The first kappa shape index (κ1) is 15.7. The third-order valence-corrected chi connectivity index (χ3v) is 4.39. The molecule has 1 aromatic carbocycles. The molecule has 0 bridgehead atoms. The number of anilines is 1. The van der Waals surface area contributed by atoms with Gasteiger partial charge < -0.3 is 20.2 Å². The summed E-state index contributed by atoms with van der Waals surface area (Å²) in [6, 6.07) is 4.64. The number of carbonyl (C=O) groups is 1. The lowest BCUT2D eigenvalue weighted by Gasteiger charge is -2.25. The number of hydrogen-bond donors (Lipinski definition) is 3. The van der Waals surface area contributed by atoms with E-state index in [1.54, 1.807) is 25.1 Å². The van der Waals surface area contributed by atoms with Gasteiger partial charge >= 0.3 is 0 Å². The molecule has 1 aliphatic rings. The lowest BCUT2D eigenvalue weighted by molar-refractivity contribution is -0.121. The molecule has 0 saturated heterocycles. The number of benzene rings is 1. The van der Waals surface area contributed by atoms with Crippen molar-refractivity contribution in [2.24, 2.45) is 0 Å². The van der Waals surface area contributed by atoms with Crippen LogP contribution in [0.5, 0.6) is 5.75 Å². The van der Waals surface area contributed by atoms with Gasteiger partial charge in [0.1, 0.15) is 17.6 Å². The number of nitrogens with one attached hydrogen (secondary N) is 2. The third-order valence-electron chi connectivity index (χ3n) is 4.05. The number of rotatable bonds is 4. The maximum atomic E-state index is 11.9. The Hall–Kier alpha value is -2.14. The lowest BCUT2D eigenvalue weighted by Crippen LogP contribution is -2.28. The van der Waals surface area contributed by atoms with Crippen LogP contribution in [0.3, 0.4) is 0 Å². The van der Waals surface area contributed by atoms with Gasteiger partial charge in [-0.3, -0.25) is 4.79 Å². The first-order chi connectivity index (χ1) is 11.1. The molecule has 6 heteroatoms. The van der Waals surface area contributed by atoms with Gasteiger partial charge in [0, 0.05) is 23.6 Å². The van der Waals surface area contributed by atoms with Crippen LogP contribution in [0.4, 0.5) is 5.69 Å². The number of hydrogen-bond acceptors (Lipinski definition) is 4. The molecule has 0 fully saturated rings. The van der Waals surface area contributed by atoms with Gasteiger partial charge in [-0.1, -0.05) is 18.5 Å². The summed E-state index contributed by atoms with van der Waals surface area (Å²) in [7, 11) is 0. The second kappa shape index (κ2) is 6.54. The van der Waals surface area contributed by atoms with Crippen LogP contribution >= 0.6 is 11.6 Å². The van der Waals surface area contributed by atoms with Gasteiger partial charge in [-0.15, -0.1) is 0 Å². The summed E-state index contributed by atoms with van der Waals surface area (Å²) < 4.78 is 5.45. The SMILES string of the molecule is CCC(=O)NC(c1ccco1)c1cc(Cl)c2c(c1O)NCCC2. The van der Waals surface area contributed by atoms with Crippen LogP contribution in [0, 0.1) is 0 Å². The van der Waals surface area contributed by atoms with Gasteiger partial charge in [0.25, 0.3) is 0 Å². The minimum atomic E-state index is -0.580. The normalized spacial score (nSPS) is 14.7. The van der Waals surface area contributed by atoms with Crippen molar-refractivity contribution < 1.29 is 14.3 Å². The fourth-order valence-corrected chi connectivity index (χ4v) is 3.16. The summed E-state index contributed by atoms with van der Waals surface area (Å²) in [5.74, 6) is 0.531. The smallest absolute Gasteiger partial charge is 0.220 e. The summed E-state index contributed by atoms with van der Waals surface area (Å²) in [6.07, 6.45) is 3.67. The molecule has 1 amide bonds. The van der Waals surface area contributed by atoms with Gasteiger partial charge in [-0.05, 0) is 36.6 Å². The van der Waals surface area contributed by atoms with Crippen molar-refractivity contribution in [3.8, 4) is 5.75 Å². The Bertz CT molecular complexity index is 713. The maximum absolute atomic E-state index is 11.9. The van der Waals surface area contributed by atoms with Crippen molar-refractivity contribution in [3.63, 3.8) is 0 Å². The van der Waals surface area contributed by atoms with Crippen molar-refractivity contribution >= 4 is 23.2 Å². The average molecular weight is 335 g/mol. The number of phenolic OH excluding ortho intramolecular Hbond substituents is 1. The fourth-order valence-electron chi connectivity index (χ4n) is 2.85. The monoisotopic (exact) mass is 334 g/mol. The number of amides is 1. The highest BCUT2D eigenvalue weighted by atomic mass is 35.5. The molecule has 23 heavy (non-hydrogen) atoms. The lowest BCUT2D eigenvalue weighted by atomic mass is 9.95. The molecule has 3 N–H and O–H groups in total. The van der Waals surface area contributed by atoms with Crippen molar-refractivity contribution in [3.05, 3.63) is 46.4 Å². The fraction of sp³-hybridized carbons (Fsp3) is 0.353. The second-order valence-corrected chi connectivity index (χ2v) is 5.96. The van der Waals surface area contributed by atoms with E-state index >= 15 is 0 Å². The Balaban J connectivity index is 2.09. The summed E-state index contributed by atoms with van der Waals surface area (Å²) in [6.45, 7) is 2.56. The summed E-state index contributed by atoms with van der Waals surface area (Å²) in [4.78, 5) is 11.9. The van der Waals surface area contributed by atoms with Gasteiger partial charge in [0.15, 0.2) is 0 Å². The number of phenols is 1. The first-order valence-corrected chi connectivity index (χ1v) is 8.10. The number of carbonyl (C=O) groups excluding carboxylic acids is 1. The molecule has 3 rings (SSSR count). The molecule has 1 atom stereocenters. The zero-order valence-corrected chi connectivity index (χ0v) is 13.6. The van der Waals surface area contributed by atoms with E-state index < -0.39 is 6.04 Å². The molecular weight excluding hydrogens is 316 g/mol. The van der Waals surface area contributed by atoms with Crippen LogP contribution in [0.15, 0.2) is 28.9 Å². The summed E-state index contributed by atoms with van der Waals surface area (Å²) in [5.41, 5.74) is 2.10. The Labute approximate surface area is 139 Å². The Morgan fingerprint density at radius 1 is 1.57 bits per heavy atom. The minimum Gasteiger partial charge on any atom is -0.505 e. The highest BCUT2D eigenvalue weighted by Crippen LogP contribution is 2.43.